The Balaban J connectivity index is 0.00000264. The summed E-state index contributed by atoms with van der Waals surface area (Å²) in [4.78, 5) is 24.1. The molecule has 1 heterocycles. The van der Waals surface area contributed by atoms with Crippen molar-refractivity contribution in [1.82, 2.24) is 16.0 Å². The van der Waals surface area contributed by atoms with Crippen LogP contribution >= 0.6 is 12.4 Å². The summed E-state index contributed by atoms with van der Waals surface area (Å²) in [5.74, 6) is -0.290. The molecule has 5 nitrogen and oxygen atoms in total. The molecule has 1 aliphatic heterocycles. The van der Waals surface area contributed by atoms with Crippen LogP contribution in [0.25, 0.3) is 0 Å². The van der Waals surface area contributed by atoms with Crippen LogP contribution in [0.1, 0.15) is 40.5 Å². The van der Waals surface area contributed by atoms with Gasteiger partial charge in [-0.1, -0.05) is 24.6 Å². The molecule has 0 saturated heterocycles. The Hall–Kier alpha value is -1.85. The molecular weight excluding hydrogens is 314 g/mol. The fourth-order valence-corrected chi connectivity index (χ4v) is 2.27. The lowest BCUT2D eigenvalue weighted by Gasteiger charge is -2.14. The van der Waals surface area contributed by atoms with Crippen LogP contribution in [0.5, 0.6) is 0 Å². The molecule has 3 N–H and O–H groups in total. The maximum Gasteiger partial charge on any atom is 0.251 e. The molecule has 0 fully saturated rings. The molecule has 0 unspecified atom stereocenters. The van der Waals surface area contributed by atoms with Gasteiger partial charge < -0.3 is 16.0 Å². The zero-order valence-corrected chi connectivity index (χ0v) is 14.2. The Morgan fingerprint density at radius 3 is 2.48 bits per heavy atom. The molecule has 6 heteroatoms. The maximum absolute atomic E-state index is 12.2. The van der Waals surface area contributed by atoms with Gasteiger partial charge in [0.05, 0.1) is 0 Å². The van der Waals surface area contributed by atoms with Gasteiger partial charge in [0.1, 0.15) is 0 Å². The topological polar surface area (TPSA) is 70.2 Å². The summed E-state index contributed by atoms with van der Waals surface area (Å²) in [7, 11) is 0. The average Bonchev–Trinajstić information content (AvgIpc) is 2.58. The highest BCUT2D eigenvalue weighted by molar-refractivity contribution is 5.99. The fraction of sp³-hybridized carbons (Fsp3) is 0.412. The first-order valence-corrected chi connectivity index (χ1v) is 7.75. The fourth-order valence-electron chi connectivity index (χ4n) is 2.27. The summed E-state index contributed by atoms with van der Waals surface area (Å²) >= 11 is 0. The molecular formula is C17H24ClN3O2. The molecule has 2 rings (SSSR count). The highest BCUT2D eigenvalue weighted by atomic mass is 35.5. The molecule has 0 bridgehead atoms. The summed E-state index contributed by atoms with van der Waals surface area (Å²) in [6.45, 7) is 5.01. The van der Waals surface area contributed by atoms with Crippen LogP contribution in [-0.2, 0) is 0 Å². The van der Waals surface area contributed by atoms with Crippen molar-refractivity contribution >= 4 is 24.2 Å². The molecule has 1 aromatic rings. The normalized spacial score (nSPS) is 13.5. The quantitative estimate of drug-likeness (QED) is 0.694. The molecule has 0 saturated carbocycles. The van der Waals surface area contributed by atoms with Crippen LogP contribution < -0.4 is 16.0 Å². The van der Waals surface area contributed by atoms with Gasteiger partial charge in [-0.15, -0.1) is 12.4 Å². The van der Waals surface area contributed by atoms with E-state index in [1.807, 2.05) is 6.92 Å². The van der Waals surface area contributed by atoms with Crippen LogP contribution in [0.15, 0.2) is 35.9 Å². The van der Waals surface area contributed by atoms with E-state index in [2.05, 4.69) is 22.0 Å². The average molecular weight is 338 g/mol. The molecule has 1 aromatic carbocycles. The summed E-state index contributed by atoms with van der Waals surface area (Å²) in [6.07, 6.45) is 3.95. The van der Waals surface area contributed by atoms with Crippen LogP contribution in [0.4, 0.5) is 0 Å². The first-order chi connectivity index (χ1) is 10.7. The molecule has 0 spiro atoms. The monoisotopic (exact) mass is 337 g/mol. The van der Waals surface area contributed by atoms with E-state index < -0.39 is 0 Å². The Kier molecular flexibility index (Phi) is 8.37. The second kappa shape index (κ2) is 10.0. The third kappa shape index (κ3) is 6.04. The summed E-state index contributed by atoms with van der Waals surface area (Å²) in [5, 5.41) is 8.96. The number of nitrogens with one attached hydrogen (secondary N) is 3. The van der Waals surface area contributed by atoms with E-state index >= 15 is 0 Å². The number of amides is 2. The third-order valence-corrected chi connectivity index (χ3v) is 3.56. The zero-order chi connectivity index (χ0) is 15.8. The highest BCUT2D eigenvalue weighted by Crippen LogP contribution is 2.07. The Morgan fingerprint density at radius 2 is 1.87 bits per heavy atom. The predicted molar refractivity (Wildman–Crippen MR) is 94.2 cm³/mol. The second-order valence-electron chi connectivity index (χ2n) is 5.34. The van der Waals surface area contributed by atoms with Gasteiger partial charge in [0, 0.05) is 30.8 Å². The SMILES string of the molecule is CCCNC(=O)c1cccc(C(=O)NCC2=CCNCC2)c1.Cl. The van der Waals surface area contributed by atoms with E-state index in [1.165, 1.54) is 5.57 Å². The second-order valence-corrected chi connectivity index (χ2v) is 5.34. The van der Waals surface area contributed by atoms with Gasteiger partial charge in [0.2, 0.25) is 0 Å². The van der Waals surface area contributed by atoms with E-state index in [9.17, 15) is 9.59 Å². The largest absolute Gasteiger partial charge is 0.352 e. The number of hydrogen-bond acceptors (Lipinski definition) is 3. The van der Waals surface area contributed by atoms with E-state index in [-0.39, 0.29) is 24.2 Å². The summed E-state index contributed by atoms with van der Waals surface area (Å²) < 4.78 is 0. The van der Waals surface area contributed by atoms with Crippen LogP contribution in [0.2, 0.25) is 0 Å². The van der Waals surface area contributed by atoms with Gasteiger partial charge in [-0.2, -0.15) is 0 Å². The molecule has 0 radical (unpaired) electrons. The standard InChI is InChI=1S/C17H23N3O2.ClH/c1-2-8-19-16(21)14-4-3-5-15(11-14)17(22)20-12-13-6-9-18-10-7-13;/h3-6,11,18H,2,7-10,12H2,1H3,(H,19,21)(H,20,22);1H. The Morgan fingerprint density at radius 1 is 1.17 bits per heavy atom. The van der Waals surface area contributed by atoms with Crippen molar-refractivity contribution in [2.75, 3.05) is 26.2 Å². The first kappa shape index (κ1) is 19.2. The minimum absolute atomic E-state index is 0. The summed E-state index contributed by atoms with van der Waals surface area (Å²) in [6, 6.07) is 6.82. The molecule has 2 amide bonds. The number of halogens is 1. The smallest absolute Gasteiger partial charge is 0.251 e. The molecule has 0 aliphatic carbocycles. The molecule has 0 aromatic heterocycles. The van der Waals surface area contributed by atoms with E-state index in [1.54, 1.807) is 24.3 Å². The third-order valence-electron chi connectivity index (χ3n) is 3.56. The van der Waals surface area contributed by atoms with Crippen molar-refractivity contribution in [2.45, 2.75) is 19.8 Å². The number of rotatable bonds is 6. The number of carbonyl (C=O) groups is 2. The lowest BCUT2D eigenvalue weighted by Crippen LogP contribution is -2.30. The number of carbonyl (C=O) groups excluding carboxylic acids is 2. The van der Waals surface area contributed by atoms with Crippen LogP contribution in [0.3, 0.4) is 0 Å². The number of hydrogen-bond donors (Lipinski definition) is 3. The van der Waals surface area contributed by atoms with E-state index in [0.717, 1.165) is 25.9 Å². The maximum atomic E-state index is 12.2. The minimum Gasteiger partial charge on any atom is -0.352 e. The van der Waals surface area contributed by atoms with Crippen LogP contribution in [0, 0.1) is 0 Å². The van der Waals surface area contributed by atoms with E-state index in [4.69, 9.17) is 0 Å². The molecule has 23 heavy (non-hydrogen) atoms. The van der Waals surface area contributed by atoms with Crippen molar-refractivity contribution < 1.29 is 9.59 Å². The minimum atomic E-state index is -0.149. The summed E-state index contributed by atoms with van der Waals surface area (Å²) in [5.41, 5.74) is 2.27. The van der Waals surface area contributed by atoms with Gasteiger partial charge in [0.15, 0.2) is 0 Å². The van der Waals surface area contributed by atoms with E-state index in [0.29, 0.717) is 24.2 Å². The van der Waals surface area contributed by atoms with Crippen molar-refractivity contribution in [3.05, 3.63) is 47.0 Å². The van der Waals surface area contributed by atoms with Gasteiger partial charge in [0.25, 0.3) is 11.8 Å². The van der Waals surface area contributed by atoms with Gasteiger partial charge >= 0.3 is 0 Å². The van der Waals surface area contributed by atoms with Crippen LogP contribution in [-0.4, -0.2) is 38.0 Å². The van der Waals surface area contributed by atoms with Crippen molar-refractivity contribution in [3.8, 4) is 0 Å². The van der Waals surface area contributed by atoms with Gasteiger partial charge in [-0.3, -0.25) is 9.59 Å². The van der Waals surface area contributed by atoms with Gasteiger partial charge in [-0.25, -0.2) is 0 Å². The molecule has 0 atom stereocenters. The van der Waals surface area contributed by atoms with Crippen molar-refractivity contribution in [1.29, 1.82) is 0 Å². The Bertz CT molecular complexity index is 573. The molecule has 126 valence electrons. The molecule has 1 aliphatic rings. The van der Waals surface area contributed by atoms with Crippen molar-refractivity contribution in [3.63, 3.8) is 0 Å². The highest BCUT2D eigenvalue weighted by Gasteiger charge is 2.11. The first-order valence-electron chi connectivity index (χ1n) is 7.75. The number of benzene rings is 1. The Labute approximate surface area is 143 Å². The predicted octanol–water partition coefficient (Wildman–Crippen LogP) is 1.90. The lowest BCUT2D eigenvalue weighted by molar-refractivity contribution is 0.0953. The van der Waals surface area contributed by atoms with Crippen molar-refractivity contribution in [2.24, 2.45) is 0 Å². The van der Waals surface area contributed by atoms with Gasteiger partial charge in [-0.05, 0) is 37.6 Å². The zero-order valence-electron chi connectivity index (χ0n) is 13.4. The lowest BCUT2D eigenvalue weighted by atomic mass is 10.1.